The number of aliphatic hydroxyl groups is 1. The van der Waals surface area contributed by atoms with Crippen LogP contribution in [0.3, 0.4) is 0 Å². The number of thiazole rings is 1. The molecule has 4 heteroatoms. The fourth-order valence-corrected chi connectivity index (χ4v) is 2.51. The summed E-state index contributed by atoms with van der Waals surface area (Å²) in [6, 6.07) is 8.40. The number of hydrogen-bond acceptors (Lipinski definition) is 4. The van der Waals surface area contributed by atoms with E-state index in [1.807, 2.05) is 6.20 Å². The second-order valence-corrected chi connectivity index (χ2v) is 5.59. The van der Waals surface area contributed by atoms with Crippen LogP contribution >= 0.6 is 11.3 Å². The Balaban J connectivity index is 1.99. The van der Waals surface area contributed by atoms with Crippen LogP contribution in [0.1, 0.15) is 17.4 Å². The van der Waals surface area contributed by atoms with E-state index in [0.717, 1.165) is 17.1 Å². The first kappa shape index (κ1) is 13.2. The molecule has 1 atom stereocenters. The van der Waals surface area contributed by atoms with E-state index in [-0.39, 0.29) is 6.10 Å². The molecule has 18 heavy (non-hydrogen) atoms. The van der Waals surface area contributed by atoms with Crippen LogP contribution in [-0.2, 0) is 6.54 Å². The molecule has 1 heterocycles. The summed E-state index contributed by atoms with van der Waals surface area (Å²) in [6.07, 6.45) is 1.59. The summed E-state index contributed by atoms with van der Waals surface area (Å²) >= 11 is 1.69. The lowest BCUT2D eigenvalue weighted by atomic mass is 10.2. The monoisotopic (exact) mass is 262 g/mol. The first-order valence-corrected chi connectivity index (χ1v) is 6.87. The van der Waals surface area contributed by atoms with Crippen molar-refractivity contribution in [3.63, 3.8) is 0 Å². The first-order chi connectivity index (χ1) is 8.65. The van der Waals surface area contributed by atoms with Crippen molar-refractivity contribution in [2.24, 2.45) is 0 Å². The van der Waals surface area contributed by atoms with Gasteiger partial charge in [-0.05, 0) is 13.8 Å². The molecule has 0 aliphatic rings. The summed E-state index contributed by atoms with van der Waals surface area (Å²) < 4.78 is 0. The third-order valence-electron chi connectivity index (χ3n) is 2.59. The maximum Gasteiger partial charge on any atom is 0.123 e. The van der Waals surface area contributed by atoms with Crippen LogP contribution in [0.5, 0.6) is 0 Å². The summed E-state index contributed by atoms with van der Waals surface area (Å²) in [5, 5.41) is 13.4. The molecule has 0 amide bonds. The van der Waals surface area contributed by atoms with Gasteiger partial charge in [-0.3, -0.25) is 0 Å². The average molecular weight is 262 g/mol. The molecule has 0 radical (unpaired) electrons. The van der Waals surface area contributed by atoms with Crippen LogP contribution < -0.4 is 5.32 Å². The third-order valence-corrected chi connectivity index (χ3v) is 3.64. The van der Waals surface area contributed by atoms with E-state index in [1.165, 1.54) is 10.4 Å². The molecule has 0 aliphatic carbocycles. The van der Waals surface area contributed by atoms with Gasteiger partial charge >= 0.3 is 0 Å². The molecule has 0 fully saturated rings. The first-order valence-electron chi connectivity index (χ1n) is 6.05. The molecular weight excluding hydrogens is 244 g/mol. The van der Waals surface area contributed by atoms with E-state index < -0.39 is 0 Å². The van der Waals surface area contributed by atoms with Gasteiger partial charge in [-0.2, -0.15) is 0 Å². The molecule has 0 spiro atoms. The Morgan fingerprint density at radius 1 is 1.33 bits per heavy atom. The minimum Gasteiger partial charge on any atom is -0.392 e. The van der Waals surface area contributed by atoms with Crippen molar-refractivity contribution < 1.29 is 5.11 Å². The maximum absolute atomic E-state index is 9.16. The minimum absolute atomic E-state index is 0.311. The summed E-state index contributed by atoms with van der Waals surface area (Å²) in [5.74, 6) is 0. The molecular formula is C14H18N2OS. The Bertz CT molecular complexity index is 491. The lowest BCUT2D eigenvalue weighted by molar-refractivity contribution is 0.191. The highest BCUT2D eigenvalue weighted by Crippen LogP contribution is 2.25. The Labute approximate surface area is 112 Å². The lowest BCUT2D eigenvalue weighted by Crippen LogP contribution is -2.23. The van der Waals surface area contributed by atoms with Crippen LogP contribution in [-0.4, -0.2) is 22.7 Å². The quantitative estimate of drug-likeness (QED) is 0.870. The molecule has 96 valence electrons. The molecule has 1 aromatic carbocycles. The Hall–Kier alpha value is -1.23. The number of nitrogens with zero attached hydrogens (tertiary/aromatic N) is 1. The van der Waals surface area contributed by atoms with E-state index in [4.69, 9.17) is 5.11 Å². The Morgan fingerprint density at radius 3 is 2.72 bits per heavy atom. The Kier molecular flexibility index (Phi) is 4.47. The van der Waals surface area contributed by atoms with Crippen molar-refractivity contribution in [3.05, 3.63) is 40.9 Å². The molecule has 0 saturated carbocycles. The standard InChI is InChI=1S/C14H18N2OS/c1-10-3-5-12(6-4-10)14-16-9-13(18-14)8-15-7-11(2)17/h3-6,9,11,15,17H,7-8H2,1-2H3. The number of nitrogens with one attached hydrogen (secondary N) is 1. The van der Waals surface area contributed by atoms with Crippen LogP contribution in [0, 0.1) is 6.92 Å². The van der Waals surface area contributed by atoms with Gasteiger partial charge in [0, 0.05) is 29.7 Å². The van der Waals surface area contributed by atoms with Crippen molar-refractivity contribution in [3.8, 4) is 10.6 Å². The highest BCUT2D eigenvalue weighted by Gasteiger charge is 2.04. The number of rotatable bonds is 5. The van der Waals surface area contributed by atoms with Gasteiger partial charge in [0.25, 0.3) is 0 Å². The van der Waals surface area contributed by atoms with Crippen molar-refractivity contribution in [1.82, 2.24) is 10.3 Å². The molecule has 1 aromatic heterocycles. The van der Waals surface area contributed by atoms with Gasteiger partial charge in [0.05, 0.1) is 6.10 Å². The van der Waals surface area contributed by atoms with Crippen LogP contribution in [0.4, 0.5) is 0 Å². The number of aryl methyl sites for hydroxylation is 1. The average Bonchev–Trinajstić information content (AvgIpc) is 2.78. The van der Waals surface area contributed by atoms with Crippen LogP contribution in [0.2, 0.25) is 0 Å². The second-order valence-electron chi connectivity index (χ2n) is 4.48. The lowest BCUT2D eigenvalue weighted by Gasteiger charge is -2.04. The number of aliphatic hydroxyl groups excluding tert-OH is 1. The normalized spacial score (nSPS) is 12.6. The van der Waals surface area contributed by atoms with Gasteiger partial charge in [-0.15, -0.1) is 11.3 Å². The second kappa shape index (κ2) is 6.09. The van der Waals surface area contributed by atoms with Gasteiger partial charge in [0.1, 0.15) is 5.01 Å². The fourth-order valence-electron chi connectivity index (χ4n) is 1.62. The largest absolute Gasteiger partial charge is 0.392 e. The van der Waals surface area contributed by atoms with Crippen LogP contribution in [0.25, 0.3) is 10.6 Å². The number of benzene rings is 1. The van der Waals surface area contributed by atoms with Crippen molar-refractivity contribution >= 4 is 11.3 Å². The Morgan fingerprint density at radius 2 is 2.06 bits per heavy atom. The summed E-state index contributed by atoms with van der Waals surface area (Å²) in [6.45, 7) is 5.22. The van der Waals surface area contributed by atoms with Gasteiger partial charge < -0.3 is 10.4 Å². The maximum atomic E-state index is 9.16. The highest BCUT2D eigenvalue weighted by atomic mass is 32.1. The minimum atomic E-state index is -0.311. The topological polar surface area (TPSA) is 45.2 Å². The zero-order chi connectivity index (χ0) is 13.0. The highest BCUT2D eigenvalue weighted by molar-refractivity contribution is 7.15. The van der Waals surface area contributed by atoms with Gasteiger partial charge in [0.15, 0.2) is 0 Å². The van der Waals surface area contributed by atoms with E-state index in [9.17, 15) is 0 Å². The van der Waals surface area contributed by atoms with Gasteiger partial charge in [-0.1, -0.05) is 29.8 Å². The summed E-state index contributed by atoms with van der Waals surface area (Å²) in [5.41, 5.74) is 2.42. The number of aromatic nitrogens is 1. The van der Waals surface area contributed by atoms with Gasteiger partial charge in [-0.25, -0.2) is 4.98 Å². The molecule has 2 N–H and O–H groups in total. The van der Waals surface area contributed by atoms with E-state index in [2.05, 4.69) is 41.5 Å². The fraction of sp³-hybridized carbons (Fsp3) is 0.357. The molecule has 1 unspecified atom stereocenters. The molecule has 0 aliphatic heterocycles. The predicted molar refractivity (Wildman–Crippen MR) is 75.7 cm³/mol. The molecule has 0 saturated heterocycles. The number of hydrogen-bond donors (Lipinski definition) is 2. The van der Waals surface area contributed by atoms with Crippen LogP contribution in [0.15, 0.2) is 30.5 Å². The third kappa shape index (κ3) is 3.63. The SMILES string of the molecule is Cc1ccc(-c2ncc(CNCC(C)O)s2)cc1. The summed E-state index contributed by atoms with van der Waals surface area (Å²) in [7, 11) is 0. The molecule has 3 nitrogen and oxygen atoms in total. The van der Waals surface area contributed by atoms with E-state index in [1.54, 1.807) is 18.3 Å². The summed E-state index contributed by atoms with van der Waals surface area (Å²) in [4.78, 5) is 5.62. The predicted octanol–water partition coefficient (Wildman–Crippen LogP) is 2.59. The smallest absolute Gasteiger partial charge is 0.123 e. The van der Waals surface area contributed by atoms with Crippen molar-refractivity contribution in [2.45, 2.75) is 26.5 Å². The molecule has 0 bridgehead atoms. The zero-order valence-electron chi connectivity index (χ0n) is 10.7. The molecule has 2 aromatic rings. The van der Waals surface area contributed by atoms with E-state index >= 15 is 0 Å². The van der Waals surface area contributed by atoms with Crippen molar-refractivity contribution in [2.75, 3.05) is 6.54 Å². The van der Waals surface area contributed by atoms with Gasteiger partial charge in [0.2, 0.25) is 0 Å². The zero-order valence-corrected chi connectivity index (χ0v) is 11.5. The van der Waals surface area contributed by atoms with Crippen molar-refractivity contribution in [1.29, 1.82) is 0 Å². The molecule has 2 rings (SSSR count). The van der Waals surface area contributed by atoms with E-state index in [0.29, 0.717) is 6.54 Å².